The second-order valence-electron chi connectivity index (χ2n) is 3.03. The van der Waals surface area contributed by atoms with E-state index in [0.29, 0.717) is 18.1 Å². The summed E-state index contributed by atoms with van der Waals surface area (Å²) < 4.78 is 0. The van der Waals surface area contributed by atoms with Gasteiger partial charge in [0.25, 0.3) is 0 Å². The van der Waals surface area contributed by atoms with Gasteiger partial charge in [0.05, 0.1) is 0 Å². The molecule has 14 heavy (non-hydrogen) atoms. The summed E-state index contributed by atoms with van der Waals surface area (Å²) >= 11 is 0. The number of hydrogen-bond acceptors (Lipinski definition) is 4. The van der Waals surface area contributed by atoms with Gasteiger partial charge in [0.1, 0.15) is 0 Å². The van der Waals surface area contributed by atoms with Crippen molar-refractivity contribution in [2.24, 2.45) is 0 Å². The van der Waals surface area contributed by atoms with Crippen LogP contribution in [0.15, 0.2) is 30.3 Å². The molecule has 0 fully saturated rings. The molecule has 0 aliphatic heterocycles. The maximum absolute atomic E-state index is 3.95. The molecule has 0 aliphatic carbocycles. The van der Waals surface area contributed by atoms with Crippen molar-refractivity contribution in [3.05, 3.63) is 47.5 Å². The van der Waals surface area contributed by atoms with Crippen LogP contribution in [0.4, 0.5) is 0 Å². The van der Waals surface area contributed by atoms with Crippen LogP contribution < -0.4 is 0 Å². The summed E-state index contributed by atoms with van der Waals surface area (Å²) in [6.45, 7) is 1.77. The van der Waals surface area contributed by atoms with Gasteiger partial charge in [-0.2, -0.15) is 0 Å². The van der Waals surface area contributed by atoms with Crippen molar-refractivity contribution in [2.75, 3.05) is 0 Å². The normalized spacial score (nSPS) is 10.1. The molecule has 0 amide bonds. The molecule has 4 nitrogen and oxygen atoms in total. The maximum atomic E-state index is 3.95. The molecule has 70 valence electrons. The summed E-state index contributed by atoms with van der Waals surface area (Å²) in [6, 6.07) is 10.0. The quantitative estimate of drug-likeness (QED) is 0.706. The van der Waals surface area contributed by atoms with Crippen molar-refractivity contribution < 1.29 is 0 Å². The van der Waals surface area contributed by atoms with E-state index in [2.05, 4.69) is 20.4 Å². The van der Waals surface area contributed by atoms with Gasteiger partial charge < -0.3 is 0 Å². The average molecular weight is 186 g/mol. The molecule has 0 saturated heterocycles. The fraction of sp³-hybridized carbons (Fsp3) is 0.200. The lowest BCUT2D eigenvalue weighted by Gasteiger charge is -1.97. The SMILES string of the molecule is Cc1nnc(Cc2ccccc2)nn1. The standard InChI is InChI=1S/C10H10N4/c1-8-11-13-10(14-12-8)7-9-5-3-2-4-6-9/h2-6H,7H2,1H3. The van der Waals surface area contributed by atoms with Crippen LogP contribution in [0.3, 0.4) is 0 Å². The third-order valence-electron chi connectivity index (χ3n) is 1.83. The van der Waals surface area contributed by atoms with Crippen LogP contribution in [-0.4, -0.2) is 20.4 Å². The maximum Gasteiger partial charge on any atom is 0.177 e. The lowest BCUT2D eigenvalue weighted by Crippen LogP contribution is -2.03. The molecule has 0 unspecified atom stereocenters. The van der Waals surface area contributed by atoms with Crippen LogP contribution in [-0.2, 0) is 6.42 Å². The fourth-order valence-corrected chi connectivity index (χ4v) is 1.15. The van der Waals surface area contributed by atoms with E-state index >= 15 is 0 Å². The predicted molar refractivity (Wildman–Crippen MR) is 51.6 cm³/mol. The van der Waals surface area contributed by atoms with Crippen molar-refractivity contribution >= 4 is 0 Å². The van der Waals surface area contributed by atoms with E-state index in [0.717, 1.165) is 0 Å². The van der Waals surface area contributed by atoms with E-state index in [9.17, 15) is 0 Å². The summed E-state index contributed by atoms with van der Waals surface area (Å²) in [7, 11) is 0. The molecular weight excluding hydrogens is 176 g/mol. The van der Waals surface area contributed by atoms with Crippen LogP contribution in [0.5, 0.6) is 0 Å². The number of nitrogens with zero attached hydrogens (tertiary/aromatic N) is 4. The highest BCUT2D eigenvalue weighted by Gasteiger charge is 1.99. The van der Waals surface area contributed by atoms with Gasteiger partial charge in [0.15, 0.2) is 11.6 Å². The van der Waals surface area contributed by atoms with Crippen LogP contribution in [0, 0.1) is 6.92 Å². The Hall–Kier alpha value is -1.84. The Balaban J connectivity index is 2.16. The molecule has 1 heterocycles. The molecule has 1 aromatic carbocycles. The molecule has 2 aromatic rings. The Morgan fingerprint density at radius 3 is 2.21 bits per heavy atom. The first-order valence-electron chi connectivity index (χ1n) is 4.41. The Morgan fingerprint density at radius 1 is 0.929 bits per heavy atom. The minimum absolute atomic E-state index is 0.599. The monoisotopic (exact) mass is 186 g/mol. The van der Waals surface area contributed by atoms with Crippen LogP contribution in [0.2, 0.25) is 0 Å². The summed E-state index contributed by atoms with van der Waals surface area (Å²) in [4.78, 5) is 0. The van der Waals surface area contributed by atoms with Crippen LogP contribution >= 0.6 is 0 Å². The highest BCUT2D eigenvalue weighted by Crippen LogP contribution is 2.02. The number of rotatable bonds is 2. The molecule has 0 spiro atoms. The largest absolute Gasteiger partial charge is 0.177 e. The highest BCUT2D eigenvalue weighted by molar-refractivity contribution is 5.17. The van der Waals surface area contributed by atoms with E-state index in [1.54, 1.807) is 6.92 Å². The first kappa shape index (κ1) is 8.74. The first-order valence-corrected chi connectivity index (χ1v) is 4.41. The summed E-state index contributed by atoms with van der Waals surface area (Å²) in [5.74, 6) is 1.25. The molecule has 4 heteroatoms. The van der Waals surface area contributed by atoms with Crippen LogP contribution in [0.25, 0.3) is 0 Å². The summed E-state index contributed by atoms with van der Waals surface area (Å²) in [5.41, 5.74) is 1.17. The van der Waals surface area contributed by atoms with Gasteiger partial charge in [-0.1, -0.05) is 30.3 Å². The lowest BCUT2D eigenvalue weighted by atomic mass is 10.1. The van der Waals surface area contributed by atoms with Crippen molar-refractivity contribution in [1.29, 1.82) is 0 Å². The number of benzene rings is 1. The Kier molecular flexibility index (Phi) is 2.44. The zero-order chi connectivity index (χ0) is 9.80. The minimum Gasteiger partial charge on any atom is -0.132 e. The number of aryl methyl sites for hydroxylation is 1. The van der Waals surface area contributed by atoms with Gasteiger partial charge >= 0.3 is 0 Å². The second kappa shape index (κ2) is 3.91. The molecule has 0 saturated carbocycles. The van der Waals surface area contributed by atoms with E-state index in [1.165, 1.54) is 5.56 Å². The topological polar surface area (TPSA) is 51.6 Å². The fourth-order valence-electron chi connectivity index (χ4n) is 1.15. The minimum atomic E-state index is 0.599. The molecule has 2 rings (SSSR count). The molecule has 1 aromatic heterocycles. The second-order valence-corrected chi connectivity index (χ2v) is 3.03. The van der Waals surface area contributed by atoms with Gasteiger partial charge in [0.2, 0.25) is 0 Å². The Morgan fingerprint density at radius 2 is 1.57 bits per heavy atom. The first-order chi connectivity index (χ1) is 6.84. The molecular formula is C10H10N4. The predicted octanol–water partition coefficient (Wildman–Crippen LogP) is 1.17. The summed E-state index contributed by atoms with van der Waals surface area (Å²) in [6.07, 6.45) is 0.682. The van der Waals surface area contributed by atoms with E-state index in [-0.39, 0.29) is 0 Å². The van der Waals surface area contributed by atoms with E-state index in [4.69, 9.17) is 0 Å². The summed E-state index contributed by atoms with van der Waals surface area (Å²) in [5, 5.41) is 15.6. The van der Waals surface area contributed by atoms with E-state index < -0.39 is 0 Å². The van der Waals surface area contributed by atoms with E-state index in [1.807, 2.05) is 30.3 Å². The Bertz CT molecular complexity index is 396. The highest BCUT2D eigenvalue weighted by atomic mass is 15.3. The molecule has 0 aliphatic rings. The number of aromatic nitrogens is 4. The van der Waals surface area contributed by atoms with Gasteiger partial charge in [0, 0.05) is 6.42 Å². The van der Waals surface area contributed by atoms with Gasteiger partial charge in [-0.25, -0.2) is 0 Å². The van der Waals surface area contributed by atoms with Crippen LogP contribution in [0.1, 0.15) is 17.2 Å². The van der Waals surface area contributed by atoms with Gasteiger partial charge in [-0.15, -0.1) is 20.4 Å². The average Bonchev–Trinajstić information content (AvgIpc) is 2.23. The molecule has 0 N–H and O–H groups in total. The molecule has 0 atom stereocenters. The Labute approximate surface area is 82.0 Å². The lowest BCUT2D eigenvalue weighted by molar-refractivity contribution is 0.745. The molecule has 0 radical (unpaired) electrons. The molecule has 0 bridgehead atoms. The van der Waals surface area contributed by atoms with Crippen molar-refractivity contribution in [2.45, 2.75) is 13.3 Å². The van der Waals surface area contributed by atoms with Crippen molar-refractivity contribution in [3.8, 4) is 0 Å². The van der Waals surface area contributed by atoms with Crippen molar-refractivity contribution in [3.63, 3.8) is 0 Å². The smallest absolute Gasteiger partial charge is 0.132 e. The van der Waals surface area contributed by atoms with Crippen molar-refractivity contribution in [1.82, 2.24) is 20.4 Å². The number of hydrogen-bond donors (Lipinski definition) is 0. The van der Waals surface area contributed by atoms with Gasteiger partial charge in [-0.05, 0) is 12.5 Å². The zero-order valence-corrected chi connectivity index (χ0v) is 7.88. The zero-order valence-electron chi connectivity index (χ0n) is 7.88. The third kappa shape index (κ3) is 2.10. The third-order valence-corrected chi connectivity index (χ3v) is 1.83. The van der Waals surface area contributed by atoms with Gasteiger partial charge in [-0.3, -0.25) is 0 Å².